The SMILES string of the molecule is COc1cc(C(=O)O)ccc1-c1cc(NC(=O)C2(c3ccc4c(c3)CCO4)CC2)ccc1C. The van der Waals surface area contributed by atoms with E-state index in [1.807, 2.05) is 37.3 Å². The predicted octanol–water partition coefficient (Wildman–Crippen LogP) is 4.97. The fraction of sp³-hybridized carbons (Fsp3) is 0.259. The number of nitrogens with one attached hydrogen (secondary N) is 1. The van der Waals surface area contributed by atoms with Gasteiger partial charge < -0.3 is 19.9 Å². The standard InChI is InChI=1S/C27H25NO5/c1-16-3-6-20(15-22(16)21-7-4-18(25(29)30)14-24(21)32-2)28-26(31)27(10-11-27)19-5-8-23-17(13-19)9-12-33-23/h3-8,13-15H,9-12H2,1-2H3,(H,28,31)(H,29,30). The van der Waals surface area contributed by atoms with Crippen LogP contribution in [-0.2, 0) is 16.6 Å². The Bertz CT molecular complexity index is 1280. The van der Waals surface area contributed by atoms with Gasteiger partial charge in [0.1, 0.15) is 11.5 Å². The van der Waals surface area contributed by atoms with E-state index in [1.54, 1.807) is 12.1 Å². The van der Waals surface area contributed by atoms with Crippen LogP contribution < -0.4 is 14.8 Å². The van der Waals surface area contributed by atoms with Gasteiger partial charge in [0.25, 0.3) is 0 Å². The molecule has 0 spiro atoms. The molecule has 0 radical (unpaired) electrons. The number of carboxylic acid groups (broad SMARTS) is 1. The molecular weight excluding hydrogens is 418 g/mol. The van der Waals surface area contributed by atoms with Crippen molar-refractivity contribution in [3.8, 4) is 22.6 Å². The van der Waals surface area contributed by atoms with Crippen LogP contribution in [-0.4, -0.2) is 30.7 Å². The Morgan fingerprint density at radius 2 is 1.85 bits per heavy atom. The van der Waals surface area contributed by atoms with Gasteiger partial charge in [-0.2, -0.15) is 0 Å². The third-order valence-electron chi connectivity index (χ3n) is 6.66. The van der Waals surface area contributed by atoms with Crippen LogP contribution in [0.1, 0.15) is 39.9 Å². The molecule has 0 aromatic heterocycles. The third-order valence-corrected chi connectivity index (χ3v) is 6.66. The molecule has 5 rings (SSSR count). The summed E-state index contributed by atoms with van der Waals surface area (Å²) >= 11 is 0. The summed E-state index contributed by atoms with van der Waals surface area (Å²) < 4.78 is 11.1. The first-order valence-electron chi connectivity index (χ1n) is 11.0. The van der Waals surface area contributed by atoms with E-state index in [0.717, 1.165) is 47.3 Å². The summed E-state index contributed by atoms with van der Waals surface area (Å²) in [5.41, 5.74) is 5.22. The summed E-state index contributed by atoms with van der Waals surface area (Å²) in [6.07, 6.45) is 2.52. The maximum absolute atomic E-state index is 13.3. The monoisotopic (exact) mass is 443 g/mol. The average Bonchev–Trinajstić information content (AvgIpc) is 3.50. The van der Waals surface area contributed by atoms with Gasteiger partial charge in [0.05, 0.1) is 24.7 Å². The van der Waals surface area contributed by atoms with Crippen LogP contribution >= 0.6 is 0 Å². The lowest BCUT2D eigenvalue weighted by Crippen LogP contribution is -2.27. The van der Waals surface area contributed by atoms with Crippen LogP contribution in [0.5, 0.6) is 11.5 Å². The van der Waals surface area contributed by atoms with E-state index in [4.69, 9.17) is 9.47 Å². The normalized spacial score (nSPS) is 15.3. The van der Waals surface area contributed by atoms with Crippen molar-refractivity contribution in [3.05, 3.63) is 76.9 Å². The zero-order valence-corrected chi connectivity index (χ0v) is 18.6. The predicted molar refractivity (Wildman–Crippen MR) is 125 cm³/mol. The highest BCUT2D eigenvalue weighted by Gasteiger charge is 2.51. The molecule has 6 nitrogen and oxygen atoms in total. The number of methoxy groups -OCH3 is 1. The lowest BCUT2D eigenvalue weighted by atomic mass is 9.92. The number of anilines is 1. The van der Waals surface area contributed by atoms with Crippen LogP contribution in [0.15, 0.2) is 54.6 Å². The molecule has 1 amide bonds. The second-order valence-corrected chi connectivity index (χ2v) is 8.71. The first kappa shape index (κ1) is 21.1. The van der Waals surface area contributed by atoms with E-state index in [-0.39, 0.29) is 11.5 Å². The topological polar surface area (TPSA) is 84.9 Å². The van der Waals surface area contributed by atoms with Crippen LogP contribution in [0.4, 0.5) is 5.69 Å². The van der Waals surface area contributed by atoms with Gasteiger partial charge in [-0.1, -0.05) is 18.2 Å². The Hall–Kier alpha value is -3.80. The minimum Gasteiger partial charge on any atom is -0.496 e. The van der Waals surface area contributed by atoms with E-state index >= 15 is 0 Å². The maximum atomic E-state index is 13.3. The van der Waals surface area contributed by atoms with Crippen molar-refractivity contribution in [2.45, 2.75) is 31.6 Å². The van der Waals surface area contributed by atoms with Crippen molar-refractivity contribution in [3.63, 3.8) is 0 Å². The number of carbonyl (C=O) groups excluding carboxylic acids is 1. The van der Waals surface area contributed by atoms with Crippen molar-refractivity contribution in [2.75, 3.05) is 19.0 Å². The van der Waals surface area contributed by atoms with Crippen molar-refractivity contribution < 1.29 is 24.2 Å². The van der Waals surface area contributed by atoms with Crippen LogP contribution in [0.3, 0.4) is 0 Å². The number of aryl methyl sites for hydroxylation is 1. The summed E-state index contributed by atoms with van der Waals surface area (Å²) in [5, 5.41) is 12.4. The van der Waals surface area contributed by atoms with Crippen molar-refractivity contribution in [1.82, 2.24) is 0 Å². The second-order valence-electron chi connectivity index (χ2n) is 8.71. The van der Waals surface area contributed by atoms with Crippen molar-refractivity contribution in [1.29, 1.82) is 0 Å². The lowest BCUT2D eigenvalue weighted by Gasteiger charge is -2.18. The minimum absolute atomic E-state index is 0.00985. The van der Waals surface area contributed by atoms with Crippen LogP contribution in [0.2, 0.25) is 0 Å². The number of hydrogen-bond acceptors (Lipinski definition) is 4. The minimum atomic E-state index is -1.01. The van der Waals surface area contributed by atoms with Gasteiger partial charge >= 0.3 is 5.97 Å². The number of carboxylic acids is 1. The Balaban J connectivity index is 1.43. The van der Waals surface area contributed by atoms with E-state index in [2.05, 4.69) is 11.4 Å². The first-order valence-corrected chi connectivity index (χ1v) is 11.0. The molecule has 2 N–H and O–H groups in total. The van der Waals surface area contributed by atoms with E-state index in [0.29, 0.717) is 18.0 Å². The second kappa shape index (κ2) is 7.96. The van der Waals surface area contributed by atoms with E-state index in [1.165, 1.54) is 18.7 Å². The molecule has 1 fully saturated rings. The first-order chi connectivity index (χ1) is 15.9. The summed E-state index contributed by atoms with van der Waals surface area (Å²) in [6, 6.07) is 16.7. The molecule has 0 bridgehead atoms. The smallest absolute Gasteiger partial charge is 0.335 e. The maximum Gasteiger partial charge on any atom is 0.335 e. The molecule has 3 aromatic rings. The third kappa shape index (κ3) is 3.71. The molecule has 2 aliphatic rings. The molecule has 0 atom stereocenters. The van der Waals surface area contributed by atoms with Gasteiger partial charge in [-0.25, -0.2) is 4.79 Å². The van der Waals surface area contributed by atoms with Gasteiger partial charge in [-0.3, -0.25) is 4.79 Å². The zero-order chi connectivity index (χ0) is 23.2. The molecule has 1 saturated carbocycles. The number of benzene rings is 3. The molecule has 1 aliphatic heterocycles. The Kier molecular flexibility index (Phi) is 5.08. The van der Waals surface area contributed by atoms with Crippen molar-refractivity contribution in [2.24, 2.45) is 0 Å². The Morgan fingerprint density at radius 1 is 1.03 bits per heavy atom. The molecule has 0 unspecified atom stereocenters. The highest BCUT2D eigenvalue weighted by Crippen LogP contribution is 2.50. The van der Waals surface area contributed by atoms with Crippen LogP contribution in [0, 0.1) is 6.92 Å². The highest BCUT2D eigenvalue weighted by molar-refractivity contribution is 6.02. The van der Waals surface area contributed by atoms with E-state index in [9.17, 15) is 14.7 Å². The summed E-state index contributed by atoms with van der Waals surface area (Å²) in [4.78, 5) is 24.7. The van der Waals surface area contributed by atoms with Gasteiger partial charge in [0.2, 0.25) is 5.91 Å². The van der Waals surface area contributed by atoms with E-state index < -0.39 is 11.4 Å². The molecule has 1 aliphatic carbocycles. The number of hydrogen-bond donors (Lipinski definition) is 2. The molecule has 33 heavy (non-hydrogen) atoms. The quantitative estimate of drug-likeness (QED) is 0.562. The number of aromatic carboxylic acids is 1. The molecule has 0 saturated heterocycles. The number of amides is 1. The molecular formula is C27H25NO5. The Labute approximate surface area is 192 Å². The van der Waals surface area contributed by atoms with Crippen LogP contribution in [0.25, 0.3) is 11.1 Å². The van der Waals surface area contributed by atoms with Gasteiger partial charge in [0.15, 0.2) is 0 Å². The summed E-state index contributed by atoms with van der Waals surface area (Å²) in [6.45, 7) is 2.67. The Morgan fingerprint density at radius 3 is 2.58 bits per heavy atom. The summed E-state index contributed by atoms with van der Waals surface area (Å²) in [7, 11) is 1.52. The number of fused-ring (bicyclic) bond motifs is 1. The number of ether oxygens (including phenoxy) is 2. The molecule has 3 aromatic carbocycles. The number of carbonyl (C=O) groups is 2. The summed E-state index contributed by atoms with van der Waals surface area (Å²) in [5.74, 6) is 0.372. The van der Waals surface area contributed by atoms with Crippen molar-refractivity contribution >= 4 is 17.6 Å². The lowest BCUT2D eigenvalue weighted by molar-refractivity contribution is -0.118. The fourth-order valence-electron chi connectivity index (χ4n) is 4.54. The number of rotatable bonds is 6. The average molecular weight is 443 g/mol. The fourth-order valence-corrected chi connectivity index (χ4v) is 4.54. The zero-order valence-electron chi connectivity index (χ0n) is 18.6. The largest absolute Gasteiger partial charge is 0.496 e. The van der Waals surface area contributed by atoms with Gasteiger partial charge in [0, 0.05) is 17.7 Å². The molecule has 6 heteroatoms. The highest BCUT2D eigenvalue weighted by atomic mass is 16.5. The van der Waals surface area contributed by atoms with Gasteiger partial charge in [-0.05, 0) is 78.4 Å². The molecule has 168 valence electrons. The van der Waals surface area contributed by atoms with Gasteiger partial charge in [-0.15, -0.1) is 0 Å². The molecule has 1 heterocycles.